The second kappa shape index (κ2) is 3.39. The second-order valence-corrected chi connectivity index (χ2v) is 3.11. The predicted molar refractivity (Wildman–Crippen MR) is 39.9 cm³/mol. The summed E-state index contributed by atoms with van der Waals surface area (Å²) in [6.45, 7) is 0. The first kappa shape index (κ1) is 6.47. The fourth-order valence-electron chi connectivity index (χ4n) is 1.14. The van der Waals surface area contributed by atoms with E-state index in [1.807, 2.05) is 0 Å². The van der Waals surface area contributed by atoms with Crippen molar-refractivity contribution < 1.29 is 0 Å². The van der Waals surface area contributed by atoms with E-state index in [1.165, 1.54) is 43.8 Å². The molecule has 0 saturated heterocycles. The van der Waals surface area contributed by atoms with Crippen molar-refractivity contribution in [2.75, 3.05) is 0 Å². The van der Waals surface area contributed by atoms with Gasteiger partial charge in [-0.1, -0.05) is 25.7 Å². The monoisotopic (exact) mass is 129 g/mol. The van der Waals surface area contributed by atoms with Gasteiger partial charge in [0.1, 0.15) is 0 Å². The lowest BCUT2D eigenvalue weighted by Crippen LogP contribution is -1.81. The molecule has 1 saturated carbocycles. The minimum absolute atomic E-state index is 1.27. The Labute approximate surface area is 57.1 Å². The van der Waals surface area contributed by atoms with E-state index in [4.69, 9.17) is 0 Å². The first-order chi connectivity index (χ1) is 3.89. The zero-order valence-electron chi connectivity index (χ0n) is 5.19. The third-order valence-corrected chi connectivity index (χ3v) is 2.13. The fourth-order valence-corrected chi connectivity index (χ4v) is 1.45. The van der Waals surface area contributed by atoms with Crippen molar-refractivity contribution >= 4 is 12.6 Å². The van der Waals surface area contributed by atoms with E-state index in [-0.39, 0.29) is 0 Å². The van der Waals surface area contributed by atoms with Crippen LogP contribution in [0.4, 0.5) is 0 Å². The Morgan fingerprint density at radius 3 is 1.88 bits per heavy atom. The van der Waals surface area contributed by atoms with E-state index in [2.05, 4.69) is 12.6 Å². The zero-order chi connectivity index (χ0) is 5.82. The Kier molecular flexibility index (Phi) is 2.74. The van der Waals surface area contributed by atoms with Crippen LogP contribution in [0.15, 0.2) is 0 Å². The molecule has 1 rings (SSSR count). The molecule has 1 fully saturated rings. The lowest BCUT2D eigenvalue weighted by Gasteiger charge is -2.00. The molecule has 1 aliphatic carbocycles. The highest BCUT2D eigenvalue weighted by atomic mass is 32.1. The largest absolute Gasteiger partial charge is 0.171 e. The highest BCUT2D eigenvalue weighted by Crippen LogP contribution is 2.26. The third kappa shape index (κ3) is 2.08. The number of rotatable bonds is 0. The Morgan fingerprint density at radius 2 is 1.38 bits per heavy atom. The maximum Gasteiger partial charge on any atom is 0.0274 e. The molecule has 0 bridgehead atoms. The van der Waals surface area contributed by atoms with Gasteiger partial charge in [0, 0.05) is 5.25 Å². The highest BCUT2D eigenvalue weighted by Gasteiger charge is 2.06. The van der Waals surface area contributed by atoms with E-state index in [1.54, 1.807) is 0 Å². The molecule has 0 heterocycles. The molecule has 0 aromatic rings. The first-order valence-corrected chi connectivity index (χ1v) is 3.88. The number of thiol groups is 1. The van der Waals surface area contributed by atoms with Crippen LogP contribution in [0.25, 0.3) is 0 Å². The van der Waals surface area contributed by atoms with Gasteiger partial charge < -0.3 is 0 Å². The molecule has 0 aromatic carbocycles. The van der Waals surface area contributed by atoms with Gasteiger partial charge in [-0.05, 0) is 12.8 Å². The third-order valence-electron chi connectivity index (χ3n) is 1.68. The second-order valence-electron chi connectivity index (χ2n) is 2.48. The molecule has 0 atom stereocenters. The van der Waals surface area contributed by atoms with Crippen molar-refractivity contribution in [2.45, 2.75) is 38.5 Å². The summed E-state index contributed by atoms with van der Waals surface area (Å²) in [6.07, 6.45) is 8.12. The van der Waals surface area contributed by atoms with Gasteiger partial charge in [-0.2, -0.15) is 12.6 Å². The van der Waals surface area contributed by atoms with Crippen molar-refractivity contribution in [3.8, 4) is 0 Å². The molecule has 47 valence electrons. The van der Waals surface area contributed by atoms with Crippen molar-refractivity contribution in [3.63, 3.8) is 0 Å². The van der Waals surface area contributed by atoms with Gasteiger partial charge in [-0.25, -0.2) is 0 Å². The van der Waals surface area contributed by atoms with Crippen molar-refractivity contribution in [1.82, 2.24) is 0 Å². The molecule has 0 N–H and O–H groups in total. The number of hydrogen-bond acceptors (Lipinski definition) is 1. The normalized spacial score (nSPS) is 25.1. The minimum atomic E-state index is 1.27. The van der Waals surface area contributed by atoms with E-state index >= 15 is 0 Å². The van der Waals surface area contributed by atoms with Crippen molar-refractivity contribution in [1.29, 1.82) is 0 Å². The maximum atomic E-state index is 4.35. The fraction of sp³-hybridized carbons (Fsp3) is 0.857. The average Bonchev–Trinajstić information content (AvgIpc) is 1.94. The lowest BCUT2D eigenvalue weighted by molar-refractivity contribution is 0.702. The van der Waals surface area contributed by atoms with Crippen LogP contribution in [0.3, 0.4) is 0 Å². The molecule has 0 aromatic heterocycles. The van der Waals surface area contributed by atoms with Gasteiger partial charge in [0.05, 0.1) is 0 Å². The smallest absolute Gasteiger partial charge is 0.0274 e. The van der Waals surface area contributed by atoms with Gasteiger partial charge in [0.15, 0.2) is 0 Å². The summed E-state index contributed by atoms with van der Waals surface area (Å²) in [5, 5.41) is 1.42. The standard InChI is InChI=1S/C7H13S/c8-7-5-3-1-2-4-6-7/h8H,1-6H2. The molecule has 0 nitrogen and oxygen atoms in total. The van der Waals surface area contributed by atoms with E-state index in [0.29, 0.717) is 0 Å². The Bertz CT molecular complexity index is 53.4. The predicted octanol–water partition coefficient (Wildman–Crippen LogP) is 2.80. The van der Waals surface area contributed by atoms with Crippen LogP contribution in [-0.2, 0) is 0 Å². The van der Waals surface area contributed by atoms with Crippen LogP contribution in [0.2, 0.25) is 0 Å². The van der Waals surface area contributed by atoms with Crippen LogP contribution < -0.4 is 0 Å². The van der Waals surface area contributed by atoms with Crippen LogP contribution in [0.1, 0.15) is 38.5 Å². The Balaban J connectivity index is 2.17. The van der Waals surface area contributed by atoms with Crippen LogP contribution in [0.5, 0.6) is 0 Å². The molecule has 0 unspecified atom stereocenters. The van der Waals surface area contributed by atoms with Gasteiger partial charge in [-0.3, -0.25) is 0 Å². The molecular weight excluding hydrogens is 116 g/mol. The SMILES string of the molecule is S[C]1CCCCCC1. The zero-order valence-corrected chi connectivity index (χ0v) is 6.08. The summed E-state index contributed by atoms with van der Waals surface area (Å²) < 4.78 is 0. The Hall–Kier alpha value is 0.350. The topological polar surface area (TPSA) is 0 Å². The average molecular weight is 129 g/mol. The molecule has 8 heavy (non-hydrogen) atoms. The molecule has 0 aliphatic heterocycles. The first-order valence-electron chi connectivity index (χ1n) is 3.43. The highest BCUT2D eigenvalue weighted by molar-refractivity contribution is 7.83. The van der Waals surface area contributed by atoms with Gasteiger partial charge >= 0.3 is 0 Å². The van der Waals surface area contributed by atoms with Crippen molar-refractivity contribution in [3.05, 3.63) is 5.25 Å². The molecule has 0 spiro atoms. The lowest BCUT2D eigenvalue weighted by atomic mass is 10.2. The molecular formula is C7H13S. The van der Waals surface area contributed by atoms with E-state index < -0.39 is 0 Å². The molecule has 1 heteroatoms. The minimum Gasteiger partial charge on any atom is -0.171 e. The van der Waals surface area contributed by atoms with E-state index in [9.17, 15) is 0 Å². The van der Waals surface area contributed by atoms with Gasteiger partial charge in [-0.15, -0.1) is 0 Å². The summed E-state index contributed by atoms with van der Waals surface area (Å²) in [5.41, 5.74) is 0. The van der Waals surface area contributed by atoms with Gasteiger partial charge in [0.25, 0.3) is 0 Å². The van der Waals surface area contributed by atoms with E-state index in [0.717, 1.165) is 0 Å². The summed E-state index contributed by atoms with van der Waals surface area (Å²) in [5.74, 6) is 0. The van der Waals surface area contributed by atoms with Crippen LogP contribution >= 0.6 is 12.6 Å². The summed E-state index contributed by atoms with van der Waals surface area (Å²) in [4.78, 5) is 0. The number of hydrogen-bond donors (Lipinski definition) is 1. The van der Waals surface area contributed by atoms with Crippen LogP contribution in [0, 0.1) is 5.25 Å². The summed E-state index contributed by atoms with van der Waals surface area (Å²) >= 11 is 4.35. The Morgan fingerprint density at radius 1 is 0.875 bits per heavy atom. The van der Waals surface area contributed by atoms with Crippen molar-refractivity contribution in [2.24, 2.45) is 0 Å². The van der Waals surface area contributed by atoms with Crippen LogP contribution in [-0.4, -0.2) is 0 Å². The van der Waals surface area contributed by atoms with Gasteiger partial charge in [0.2, 0.25) is 0 Å². The summed E-state index contributed by atoms with van der Waals surface area (Å²) in [6, 6.07) is 0. The molecule has 1 aliphatic rings. The maximum absolute atomic E-state index is 4.35. The quantitative estimate of drug-likeness (QED) is 0.377. The molecule has 1 radical (unpaired) electrons. The molecule has 0 amide bonds. The summed E-state index contributed by atoms with van der Waals surface area (Å²) in [7, 11) is 0.